The number of nitrogens with zero attached hydrogens (tertiary/aromatic N) is 1. The van der Waals surface area contributed by atoms with Crippen LogP contribution in [0.2, 0.25) is 0 Å². The van der Waals surface area contributed by atoms with E-state index in [1.54, 1.807) is 0 Å². The van der Waals surface area contributed by atoms with E-state index in [0.717, 1.165) is 28.6 Å². The lowest BCUT2D eigenvalue weighted by molar-refractivity contribution is 0.0809. The van der Waals surface area contributed by atoms with Gasteiger partial charge in [-0.3, -0.25) is 4.79 Å². The van der Waals surface area contributed by atoms with E-state index >= 15 is 0 Å². The lowest BCUT2D eigenvalue weighted by Gasteiger charge is -2.30. The van der Waals surface area contributed by atoms with E-state index in [1.165, 1.54) is 4.90 Å². The highest BCUT2D eigenvalue weighted by Crippen LogP contribution is 2.33. The number of benzene rings is 2. The molecule has 1 saturated heterocycles. The minimum Gasteiger partial charge on any atom is -0.465 e. The van der Waals surface area contributed by atoms with Crippen molar-refractivity contribution in [1.29, 1.82) is 0 Å². The Morgan fingerprint density at radius 1 is 1.04 bits per heavy atom. The Kier molecular flexibility index (Phi) is 4.21. The third-order valence-electron chi connectivity index (χ3n) is 5.08. The summed E-state index contributed by atoms with van der Waals surface area (Å²) in [5.74, 6) is -0.284. The van der Waals surface area contributed by atoms with E-state index in [-0.39, 0.29) is 18.2 Å². The van der Waals surface area contributed by atoms with Crippen LogP contribution < -0.4 is 0 Å². The minimum atomic E-state index is -0.954. The molecule has 0 aliphatic carbocycles. The van der Waals surface area contributed by atoms with Crippen molar-refractivity contribution in [3.63, 3.8) is 0 Å². The zero-order chi connectivity index (χ0) is 18.1. The number of aromatic nitrogens is 1. The number of amides is 1. The van der Waals surface area contributed by atoms with Gasteiger partial charge in [0.15, 0.2) is 5.78 Å². The molecule has 1 atom stereocenters. The number of carboxylic acid groups (broad SMARTS) is 1. The summed E-state index contributed by atoms with van der Waals surface area (Å²) in [4.78, 5) is 29.4. The normalized spacial score (nSPS) is 17.4. The molecule has 0 radical (unpaired) electrons. The highest BCUT2D eigenvalue weighted by molar-refractivity contribution is 6.14. The van der Waals surface area contributed by atoms with Crippen LogP contribution in [0, 0.1) is 5.92 Å². The fourth-order valence-corrected chi connectivity index (χ4v) is 3.79. The van der Waals surface area contributed by atoms with Crippen molar-refractivity contribution in [2.45, 2.75) is 12.8 Å². The maximum absolute atomic E-state index is 13.4. The van der Waals surface area contributed by atoms with Crippen LogP contribution in [-0.2, 0) is 0 Å². The molecule has 4 rings (SSSR count). The van der Waals surface area contributed by atoms with Crippen molar-refractivity contribution in [3.8, 4) is 11.3 Å². The molecular weight excluding hydrogens is 328 g/mol. The number of nitrogens with one attached hydrogen (secondary N) is 1. The second-order valence-electron chi connectivity index (χ2n) is 6.72. The van der Waals surface area contributed by atoms with E-state index < -0.39 is 6.09 Å². The Balaban J connectivity index is 1.80. The number of aromatic amines is 1. The quantitative estimate of drug-likeness (QED) is 0.689. The monoisotopic (exact) mass is 348 g/mol. The number of rotatable bonds is 3. The summed E-state index contributed by atoms with van der Waals surface area (Å²) in [5, 5.41) is 10.2. The molecule has 26 heavy (non-hydrogen) atoms. The van der Waals surface area contributed by atoms with Crippen molar-refractivity contribution in [2.24, 2.45) is 5.92 Å². The number of para-hydroxylation sites is 1. The summed E-state index contributed by atoms with van der Waals surface area (Å²) in [7, 11) is 0. The van der Waals surface area contributed by atoms with Gasteiger partial charge in [0, 0.05) is 29.9 Å². The maximum Gasteiger partial charge on any atom is 0.407 e. The van der Waals surface area contributed by atoms with E-state index in [0.29, 0.717) is 18.5 Å². The van der Waals surface area contributed by atoms with Gasteiger partial charge in [-0.25, -0.2) is 4.79 Å². The summed E-state index contributed by atoms with van der Waals surface area (Å²) < 4.78 is 0. The van der Waals surface area contributed by atoms with Crippen molar-refractivity contribution < 1.29 is 14.7 Å². The van der Waals surface area contributed by atoms with Crippen molar-refractivity contribution in [2.75, 3.05) is 13.1 Å². The molecule has 2 N–H and O–H groups in total. The van der Waals surface area contributed by atoms with Crippen LogP contribution in [0.1, 0.15) is 23.2 Å². The predicted molar refractivity (Wildman–Crippen MR) is 100 cm³/mol. The van der Waals surface area contributed by atoms with Gasteiger partial charge in [0.25, 0.3) is 0 Å². The first-order valence-corrected chi connectivity index (χ1v) is 8.83. The van der Waals surface area contributed by atoms with Crippen molar-refractivity contribution >= 4 is 22.8 Å². The van der Waals surface area contributed by atoms with E-state index in [2.05, 4.69) is 4.98 Å². The zero-order valence-electron chi connectivity index (χ0n) is 14.3. The van der Waals surface area contributed by atoms with Gasteiger partial charge in [0.1, 0.15) is 0 Å². The van der Waals surface area contributed by atoms with Crippen LogP contribution in [0.3, 0.4) is 0 Å². The second kappa shape index (κ2) is 6.67. The first-order valence-electron chi connectivity index (χ1n) is 8.83. The molecule has 2 heterocycles. The summed E-state index contributed by atoms with van der Waals surface area (Å²) in [6.07, 6.45) is 0.479. The first kappa shape index (κ1) is 16.4. The third kappa shape index (κ3) is 2.86. The number of hydrogen-bond acceptors (Lipinski definition) is 2. The molecule has 0 saturated carbocycles. The first-order chi connectivity index (χ1) is 12.6. The van der Waals surface area contributed by atoms with Gasteiger partial charge in [-0.1, -0.05) is 48.5 Å². The molecule has 2 aromatic carbocycles. The molecule has 3 aromatic rings. The number of ketones is 1. The smallest absolute Gasteiger partial charge is 0.407 e. The molecule has 1 fully saturated rings. The molecule has 0 bridgehead atoms. The lowest BCUT2D eigenvalue weighted by Crippen LogP contribution is -2.41. The molecule has 1 aliphatic heterocycles. The number of fused-ring (bicyclic) bond motifs is 1. The number of carbonyl (C=O) groups excluding carboxylic acids is 1. The standard InChI is InChI=1S/C21H20N2O3/c24-20(15-9-6-12-23(13-15)21(25)26)18-16-10-4-5-11-17(16)22-19(18)14-7-2-1-3-8-14/h1-5,7-8,10-11,15,22H,6,9,12-13H2,(H,25,26). The lowest BCUT2D eigenvalue weighted by atomic mass is 9.88. The topological polar surface area (TPSA) is 73.4 Å². The number of carbonyl (C=O) groups is 2. The Labute approximate surface area is 151 Å². The average Bonchev–Trinajstić information content (AvgIpc) is 3.07. The molecule has 0 spiro atoms. The SMILES string of the molecule is O=C(c1c(-c2ccccc2)[nH]c2ccccc12)C1CCCN(C(=O)O)C1. The van der Waals surface area contributed by atoms with Gasteiger partial charge in [0.05, 0.1) is 11.3 Å². The van der Waals surface area contributed by atoms with Gasteiger partial charge >= 0.3 is 6.09 Å². The van der Waals surface area contributed by atoms with Gasteiger partial charge in [-0.05, 0) is 24.5 Å². The van der Waals surface area contributed by atoms with Crippen LogP contribution in [0.25, 0.3) is 22.2 Å². The summed E-state index contributed by atoms with van der Waals surface area (Å²) in [6, 6.07) is 17.6. The summed E-state index contributed by atoms with van der Waals surface area (Å²) in [6.45, 7) is 0.764. The summed E-state index contributed by atoms with van der Waals surface area (Å²) >= 11 is 0. The van der Waals surface area contributed by atoms with Gasteiger partial charge < -0.3 is 15.0 Å². The van der Waals surface area contributed by atoms with Gasteiger partial charge in [0.2, 0.25) is 0 Å². The fourth-order valence-electron chi connectivity index (χ4n) is 3.79. The minimum absolute atomic E-state index is 0.0206. The third-order valence-corrected chi connectivity index (χ3v) is 5.08. The van der Waals surface area contributed by atoms with E-state index in [4.69, 9.17) is 0 Å². The van der Waals surface area contributed by atoms with E-state index in [9.17, 15) is 14.7 Å². The number of Topliss-reactive ketones (excluding diaryl/α,β-unsaturated/α-hetero) is 1. The highest BCUT2D eigenvalue weighted by Gasteiger charge is 2.31. The van der Waals surface area contributed by atoms with Crippen LogP contribution in [0.15, 0.2) is 54.6 Å². The van der Waals surface area contributed by atoms with Crippen LogP contribution in [0.4, 0.5) is 4.79 Å². The molecular formula is C21H20N2O3. The molecule has 1 aliphatic rings. The van der Waals surface area contributed by atoms with Crippen LogP contribution >= 0.6 is 0 Å². The molecule has 132 valence electrons. The maximum atomic E-state index is 13.4. The van der Waals surface area contributed by atoms with Crippen molar-refractivity contribution in [3.05, 3.63) is 60.2 Å². The Bertz CT molecular complexity index is 962. The predicted octanol–water partition coefficient (Wildman–Crippen LogP) is 4.41. The van der Waals surface area contributed by atoms with Crippen molar-refractivity contribution in [1.82, 2.24) is 9.88 Å². The number of H-pyrrole nitrogens is 1. The number of likely N-dealkylation sites (tertiary alicyclic amines) is 1. The Hall–Kier alpha value is -3.08. The van der Waals surface area contributed by atoms with E-state index in [1.807, 2.05) is 54.6 Å². The molecule has 1 aromatic heterocycles. The van der Waals surface area contributed by atoms with Crippen LogP contribution in [-0.4, -0.2) is 40.0 Å². The Morgan fingerprint density at radius 3 is 2.54 bits per heavy atom. The number of hydrogen-bond donors (Lipinski definition) is 2. The average molecular weight is 348 g/mol. The summed E-state index contributed by atoms with van der Waals surface area (Å²) in [5.41, 5.74) is 3.35. The molecule has 1 unspecified atom stereocenters. The fraction of sp³-hybridized carbons (Fsp3) is 0.238. The second-order valence-corrected chi connectivity index (χ2v) is 6.72. The molecule has 5 nitrogen and oxygen atoms in total. The number of piperidine rings is 1. The van der Waals surface area contributed by atoms with Gasteiger partial charge in [-0.2, -0.15) is 0 Å². The molecule has 1 amide bonds. The zero-order valence-corrected chi connectivity index (χ0v) is 14.3. The highest BCUT2D eigenvalue weighted by atomic mass is 16.4. The largest absolute Gasteiger partial charge is 0.465 e. The van der Waals surface area contributed by atoms with Crippen LogP contribution in [0.5, 0.6) is 0 Å². The Morgan fingerprint density at radius 2 is 1.77 bits per heavy atom. The molecule has 5 heteroatoms. The van der Waals surface area contributed by atoms with Gasteiger partial charge in [-0.15, -0.1) is 0 Å².